The van der Waals surface area contributed by atoms with Crippen LogP contribution in [0.1, 0.15) is 53.4 Å². The first-order valence-electron chi connectivity index (χ1n) is 5.32. The summed E-state index contributed by atoms with van der Waals surface area (Å²) in [5, 5.41) is 9.98. The van der Waals surface area contributed by atoms with Crippen molar-refractivity contribution in [3.8, 4) is 0 Å². The van der Waals surface area contributed by atoms with Crippen molar-refractivity contribution in [1.82, 2.24) is 0 Å². The summed E-state index contributed by atoms with van der Waals surface area (Å²) in [5.74, 6) is 0.0624. The Morgan fingerprint density at radius 2 is 1.54 bits per heavy atom. The summed E-state index contributed by atoms with van der Waals surface area (Å²) in [6, 6.07) is 0. The molecule has 0 saturated carbocycles. The largest absolute Gasteiger partial charge is 0.382 e. The number of carbonyl (C=O) groups is 1. The molecule has 1 N–H and O–H groups in total. The third kappa shape index (κ3) is 2.80. The average molecular weight is 186 g/mol. The summed E-state index contributed by atoms with van der Waals surface area (Å²) in [7, 11) is 0. The summed E-state index contributed by atoms with van der Waals surface area (Å²) in [6.45, 7) is 7.73. The standard InChI is InChI=1S/C11H22O2/c1-5-9(6-2)10(12)11(13,7-3)8-4/h9,13H,5-8H2,1-4H3. The van der Waals surface area contributed by atoms with Gasteiger partial charge in [0.15, 0.2) is 5.78 Å². The van der Waals surface area contributed by atoms with Gasteiger partial charge in [-0.2, -0.15) is 0 Å². The van der Waals surface area contributed by atoms with Crippen molar-refractivity contribution in [3.63, 3.8) is 0 Å². The van der Waals surface area contributed by atoms with Gasteiger partial charge in [0.25, 0.3) is 0 Å². The van der Waals surface area contributed by atoms with Gasteiger partial charge in [0, 0.05) is 5.92 Å². The van der Waals surface area contributed by atoms with Gasteiger partial charge in [0.2, 0.25) is 0 Å². The van der Waals surface area contributed by atoms with Crippen LogP contribution in [0.15, 0.2) is 0 Å². The third-order valence-electron chi connectivity index (χ3n) is 2.98. The first kappa shape index (κ1) is 12.6. The monoisotopic (exact) mass is 186 g/mol. The highest BCUT2D eigenvalue weighted by Gasteiger charge is 2.35. The zero-order valence-corrected chi connectivity index (χ0v) is 9.26. The lowest BCUT2D eigenvalue weighted by Gasteiger charge is -2.27. The topological polar surface area (TPSA) is 37.3 Å². The fourth-order valence-corrected chi connectivity index (χ4v) is 1.64. The molecule has 0 radical (unpaired) electrons. The van der Waals surface area contributed by atoms with Gasteiger partial charge >= 0.3 is 0 Å². The summed E-state index contributed by atoms with van der Waals surface area (Å²) < 4.78 is 0. The molecule has 2 heteroatoms. The lowest BCUT2D eigenvalue weighted by molar-refractivity contribution is -0.142. The SMILES string of the molecule is CCC(CC)C(=O)C(O)(CC)CC. The highest BCUT2D eigenvalue weighted by molar-refractivity contribution is 5.89. The molecule has 0 rings (SSSR count). The van der Waals surface area contributed by atoms with Crippen molar-refractivity contribution >= 4 is 5.78 Å². The lowest BCUT2D eigenvalue weighted by atomic mass is 9.82. The smallest absolute Gasteiger partial charge is 0.167 e. The van der Waals surface area contributed by atoms with Crippen molar-refractivity contribution < 1.29 is 9.90 Å². The van der Waals surface area contributed by atoms with Crippen LogP contribution in [0.3, 0.4) is 0 Å². The van der Waals surface area contributed by atoms with Crippen molar-refractivity contribution in [2.45, 2.75) is 59.0 Å². The zero-order chi connectivity index (χ0) is 10.5. The normalized spacial score (nSPS) is 12.2. The molecular weight excluding hydrogens is 164 g/mol. The van der Waals surface area contributed by atoms with Crippen LogP contribution in [0, 0.1) is 5.92 Å². The van der Waals surface area contributed by atoms with Gasteiger partial charge < -0.3 is 5.11 Å². The van der Waals surface area contributed by atoms with Crippen molar-refractivity contribution in [1.29, 1.82) is 0 Å². The molecule has 0 bridgehead atoms. The van der Waals surface area contributed by atoms with Crippen molar-refractivity contribution in [2.24, 2.45) is 5.92 Å². The molecule has 0 atom stereocenters. The number of carbonyl (C=O) groups excluding carboxylic acids is 1. The third-order valence-corrected chi connectivity index (χ3v) is 2.98. The first-order chi connectivity index (χ1) is 6.05. The molecule has 0 aromatic carbocycles. The summed E-state index contributed by atoms with van der Waals surface area (Å²) in [6.07, 6.45) is 2.72. The Morgan fingerprint density at radius 1 is 1.15 bits per heavy atom. The van der Waals surface area contributed by atoms with E-state index in [1.807, 2.05) is 27.7 Å². The molecule has 13 heavy (non-hydrogen) atoms. The Morgan fingerprint density at radius 3 is 1.77 bits per heavy atom. The maximum Gasteiger partial charge on any atom is 0.167 e. The van der Waals surface area contributed by atoms with Gasteiger partial charge in [0.1, 0.15) is 5.60 Å². The van der Waals surface area contributed by atoms with Crippen LogP contribution in [0.5, 0.6) is 0 Å². The Labute approximate surface area is 81.3 Å². The van der Waals surface area contributed by atoms with E-state index >= 15 is 0 Å². The zero-order valence-electron chi connectivity index (χ0n) is 9.26. The van der Waals surface area contributed by atoms with E-state index in [9.17, 15) is 9.90 Å². The van der Waals surface area contributed by atoms with Gasteiger partial charge in [-0.3, -0.25) is 4.79 Å². The molecule has 0 aromatic heterocycles. The van der Waals surface area contributed by atoms with Crippen LogP contribution >= 0.6 is 0 Å². The first-order valence-corrected chi connectivity index (χ1v) is 5.32. The number of hydrogen-bond donors (Lipinski definition) is 1. The van der Waals surface area contributed by atoms with E-state index in [4.69, 9.17) is 0 Å². The second-order valence-corrected chi connectivity index (χ2v) is 3.62. The number of aliphatic hydroxyl groups is 1. The van der Waals surface area contributed by atoms with E-state index in [2.05, 4.69) is 0 Å². The molecule has 0 aliphatic carbocycles. The predicted octanol–water partition coefficient (Wildman–Crippen LogP) is 2.54. The van der Waals surface area contributed by atoms with Crippen LogP contribution in [-0.4, -0.2) is 16.5 Å². The quantitative estimate of drug-likeness (QED) is 0.692. The van der Waals surface area contributed by atoms with Crippen LogP contribution in [0.2, 0.25) is 0 Å². The van der Waals surface area contributed by atoms with E-state index in [-0.39, 0.29) is 11.7 Å². The van der Waals surface area contributed by atoms with Crippen LogP contribution in [0.4, 0.5) is 0 Å². The molecule has 0 aliphatic heterocycles. The molecule has 0 fully saturated rings. The maximum atomic E-state index is 11.8. The second kappa shape index (κ2) is 5.38. The van der Waals surface area contributed by atoms with Gasteiger partial charge in [-0.25, -0.2) is 0 Å². The molecule has 0 heterocycles. The molecule has 2 nitrogen and oxygen atoms in total. The van der Waals surface area contributed by atoms with E-state index in [1.54, 1.807) is 0 Å². The van der Waals surface area contributed by atoms with Crippen molar-refractivity contribution in [3.05, 3.63) is 0 Å². The fraction of sp³-hybridized carbons (Fsp3) is 0.909. The molecule has 0 aliphatic rings. The Bertz CT molecular complexity index is 155. The minimum atomic E-state index is -1.07. The molecule has 0 unspecified atom stereocenters. The van der Waals surface area contributed by atoms with Gasteiger partial charge in [0.05, 0.1) is 0 Å². The summed E-state index contributed by atoms with van der Waals surface area (Å²) in [4.78, 5) is 11.8. The van der Waals surface area contributed by atoms with E-state index < -0.39 is 5.60 Å². The number of rotatable bonds is 6. The fourth-order valence-electron chi connectivity index (χ4n) is 1.64. The Kier molecular flexibility index (Phi) is 5.23. The Balaban J connectivity index is 4.53. The van der Waals surface area contributed by atoms with Gasteiger partial charge in [-0.1, -0.05) is 27.7 Å². The number of Topliss-reactive ketones (excluding diaryl/α,β-unsaturated/α-hetero) is 1. The van der Waals surface area contributed by atoms with E-state index in [0.29, 0.717) is 12.8 Å². The minimum Gasteiger partial charge on any atom is -0.382 e. The van der Waals surface area contributed by atoms with Gasteiger partial charge in [-0.05, 0) is 25.7 Å². The lowest BCUT2D eigenvalue weighted by Crippen LogP contribution is -2.41. The molecular formula is C11H22O2. The minimum absolute atomic E-state index is 0.0301. The molecule has 0 saturated heterocycles. The average Bonchev–Trinajstić information content (AvgIpc) is 2.18. The van der Waals surface area contributed by atoms with Crippen LogP contribution in [-0.2, 0) is 4.79 Å². The molecule has 78 valence electrons. The van der Waals surface area contributed by atoms with E-state index in [1.165, 1.54) is 0 Å². The molecule has 0 spiro atoms. The van der Waals surface area contributed by atoms with Crippen molar-refractivity contribution in [2.75, 3.05) is 0 Å². The second-order valence-electron chi connectivity index (χ2n) is 3.62. The highest BCUT2D eigenvalue weighted by Crippen LogP contribution is 2.23. The molecule has 0 amide bonds. The predicted molar refractivity (Wildman–Crippen MR) is 54.6 cm³/mol. The number of ketones is 1. The molecule has 0 aromatic rings. The van der Waals surface area contributed by atoms with Gasteiger partial charge in [-0.15, -0.1) is 0 Å². The maximum absolute atomic E-state index is 11.8. The number of hydrogen-bond acceptors (Lipinski definition) is 2. The summed E-state index contributed by atoms with van der Waals surface area (Å²) >= 11 is 0. The Hall–Kier alpha value is -0.370. The summed E-state index contributed by atoms with van der Waals surface area (Å²) in [5.41, 5.74) is -1.07. The van der Waals surface area contributed by atoms with Crippen LogP contribution in [0.25, 0.3) is 0 Å². The van der Waals surface area contributed by atoms with E-state index in [0.717, 1.165) is 12.8 Å². The highest BCUT2D eigenvalue weighted by atomic mass is 16.3. The van der Waals surface area contributed by atoms with Crippen LogP contribution < -0.4 is 0 Å².